The van der Waals surface area contributed by atoms with E-state index in [9.17, 15) is 5.11 Å². The lowest BCUT2D eigenvalue weighted by Crippen LogP contribution is -2.55. The number of aliphatic hydroxyl groups is 1. The lowest BCUT2D eigenvalue weighted by atomic mass is 9.74. The molecular formula is C16H26O2S. The van der Waals surface area contributed by atoms with Crippen LogP contribution in [0.2, 0.25) is 0 Å². The van der Waals surface area contributed by atoms with Crippen molar-refractivity contribution in [2.75, 3.05) is 0 Å². The number of ether oxygens (including phenoxy) is 1. The Kier molecular flexibility index (Phi) is 4.26. The highest BCUT2D eigenvalue weighted by molar-refractivity contribution is 8.01. The van der Waals surface area contributed by atoms with Crippen LogP contribution in [0.15, 0.2) is 0 Å². The second-order valence-corrected chi connectivity index (χ2v) is 8.39. The van der Waals surface area contributed by atoms with E-state index in [1.54, 1.807) is 11.8 Å². The molecule has 1 saturated carbocycles. The third-order valence-corrected chi connectivity index (χ3v) is 6.46. The van der Waals surface area contributed by atoms with E-state index in [2.05, 4.69) is 26.7 Å². The van der Waals surface area contributed by atoms with Gasteiger partial charge in [-0.05, 0) is 31.1 Å². The lowest BCUT2D eigenvalue weighted by Gasteiger charge is -2.52. The summed E-state index contributed by atoms with van der Waals surface area (Å²) < 4.78 is 6.33. The highest BCUT2D eigenvalue weighted by Crippen LogP contribution is 2.52. The molecule has 108 valence electrons. The average molecular weight is 282 g/mol. The summed E-state index contributed by atoms with van der Waals surface area (Å²) in [5.41, 5.74) is -1.45. The molecule has 1 aliphatic heterocycles. The minimum atomic E-state index is -1.15. The van der Waals surface area contributed by atoms with Gasteiger partial charge in [-0.2, -0.15) is 0 Å². The van der Waals surface area contributed by atoms with Crippen LogP contribution in [0.25, 0.3) is 0 Å². The summed E-state index contributed by atoms with van der Waals surface area (Å²) in [5, 5.41) is 10.6. The van der Waals surface area contributed by atoms with Gasteiger partial charge in [-0.1, -0.05) is 40.0 Å². The van der Waals surface area contributed by atoms with Crippen LogP contribution in [0, 0.1) is 24.2 Å². The third kappa shape index (κ3) is 2.82. The Labute approximate surface area is 121 Å². The molecule has 2 nitrogen and oxygen atoms in total. The summed E-state index contributed by atoms with van der Waals surface area (Å²) in [6, 6.07) is 0. The van der Waals surface area contributed by atoms with Crippen molar-refractivity contribution in [1.29, 1.82) is 0 Å². The molecule has 2 rings (SSSR count). The van der Waals surface area contributed by atoms with Crippen molar-refractivity contribution < 1.29 is 9.84 Å². The van der Waals surface area contributed by atoms with E-state index < -0.39 is 5.60 Å². The second kappa shape index (κ2) is 5.31. The first-order valence-corrected chi connectivity index (χ1v) is 8.23. The quantitative estimate of drug-likeness (QED) is 0.787. The van der Waals surface area contributed by atoms with Crippen molar-refractivity contribution in [3.63, 3.8) is 0 Å². The Morgan fingerprint density at radius 2 is 2.16 bits per heavy atom. The standard InChI is InChI=1S/C16H26O2S/c1-6-16(17,7-2)14-18-13-10-11(3)8-9-12(13)15(4,5)19-14/h1,11-14,17H,7-10H2,2-5H3/t11?,12-,13-,14-,16?/m1/s1. The highest BCUT2D eigenvalue weighted by atomic mass is 32.2. The van der Waals surface area contributed by atoms with Crippen molar-refractivity contribution in [1.82, 2.24) is 0 Å². The predicted molar refractivity (Wildman–Crippen MR) is 80.9 cm³/mol. The van der Waals surface area contributed by atoms with Crippen molar-refractivity contribution in [2.24, 2.45) is 11.8 Å². The zero-order valence-corrected chi connectivity index (χ0v) is 13.3. The number of hydrogen-bond donors (Lipinski definition) is 1. The summed E-state index contributed by atoms with van der Waals surface area (Å²) in [4.78, 5) is 0. The van der Waals surface area contributed by atoms with Crippen LogP contribution in [-0.4, -0.2) is 27.0 Å². The molecule has 0 amide bonds. The summed E-state index contributed by atoms with van der Waals surface area (Å²) >= 11 is 1.72. The SMILES string of the molecule is C#CC(O)(CC)[C@@H]1O[C@@H]2CC(C)CC[C@H]2C(C)(C)S1. The van der Waals surface area contributed by atoms with E-state index in [1.807, 2.05) is 6.92 Å². The maximum Gasteiger partial charge on any atom is 0.160 e. The van der Waals surface area contributed by atoms with Gasteiger partial charge in [-0.3, -0.25) is 0 Å². The largest absolute Gasteiger partial charge is 0.374 e. The highest BCUT2D eigenvalue weighted by Gasteiger charge is 2.51. The monoisotopic (exact) mass is 282 g/mol. The molecule has 0 aromatic carbocycles. The Morgan fingerprint density at radius 1 is 1.47 bits per heavy atom. The fourth-order valence-electron chi connectivity index (χ4n) is 3.37. The molecule has 2 aliphatic rings. The van der Waals surface area contributed by atoms with Crippen molar-refractivity contribution in [3.8, 4) is 12.3 Å². The Morgan fingerprint density at radius 3 is 2.74 bits per heavy atom. The second-order valence-electron chi connectivity index (χ2n) is 6.67. The molecule has 3 heteroatoms. The van der Waals surface area contributed by atoms with Gasteiger partial charge < -0.3 is 9.84 Å². The lowest BCUT2D eigenvalue weighted by molar-refractivity contribution is -0.113. The van der Waals surface area contributed by atoms with Crippen molar-refractivity contribution in [2.45, 2.75) is 75.3 Å². The van der Waals surface area contributed by atoms with Gasteiger partial charge in [0.25, 0.3) is 0 Å². The summed E-state index contributed by atoms with van der Waals surface area (Å²) in [6.07, 6.45) is 9.92. The first kappa shape index (κ1) is 15.2. The van der Waals surface area contributed by atoms with Gasteiger partial charge in [0.15, 0.2) is 5.60 Å². The topological polar surface area (TPSA) is 29.5 Å². The van der Waals surface area contributed by atoms with Crippen LogP contribution >= 0.6 is 11.8 Å². The molecule has 0 aromatic rings. The minimum absolute atomic E-state index is 0.119. The van der Waals surface area contributed by atoms with Gasteiger partial charge in [0.05, 0.1) is 6.10 Å². The summed E-state index contributed by atoms with van der Waals surface area (Å²) in [5.74, 6) is 3.83. The van der Waals surface area contributed by atoms with E-state index in [0.717, 1.165) is 6.42 Å². The van der Waals surface area contributed by atoms with Crippen LogP contribution in [0.3, 0.4) is 0 Å². The molecule has 0 radical (unpaired) electrons. The maximum atomic E-state index is 10.6. The zero-order chi connectivity index (χ0) is 14.3. The Bertz CT molecular complexity index is 373. The van der Waals surface area contributed by atoms with E-state index >= 15 is 0 Å². The molecule has 1 heterocycles. The first-order valence-electron chi connectivity index (χ1n) is 7.36. The molecule has 19 heavy (non-hydrogen) atoms. The molecule has 0 spiro atoms. The molecule has 5 atom stereocenters. The molecular weight excluding hydrogens is 256 g/mol. The third-order valence-electron chi connectivity index (χ3n) is 4.83. The fourth-order valence-corrected chi connectivity index (χ4v) is 5.00. The minimum Gasteiger partial charge on any atom is -0.374 e. The molecule has 0 aromatic heterocycles. The normalized spacial score (nSPS) is 40.8. The Balaban J connectivity index is 2.21. The molecule has 2 fully saturated rings. The number of rotatable bonds is 2. The van der Waals surface area contributed by atoms with Crippen LogP contribution < -0.4 is 0 Å². The zero-order valence-electron chi connectivity index (χ0n) is 12.5. The fraction of sp³-hybridized carbons (Fsp3) is 0.875. The summed E-state index contributed by atoms with van der Waals surface area (Å²) in [7, 11) is 0. The van der Waals surface area contributed by atoms with E-state index in [0.29, 0.717) is 18.3 Å². The van der Waals surface area contributed by atoms with Gasteiger partial charge in [0.1, 0.15) is 5.44 Å². The molecule has 1 saturated heterocycles. The molecule has 0 bridgehead atoms. The van der Waals surface area contributed by atoms with Gasteiger partial charge in [-0.15, -0.1) is 18.2 Å². The Hall–Kier alpha value is -0.170. The van der Waals surface area contributed by atoms with Crippen molar-refractivity contribution >= 4 is 11.8 Å². The maximum absolute atomic E-state index is 10.6. The molecule has 1 aliphatic carbocycles. The van der Waals surface area contributed by atoms with Crippen LogP contribution in [0.1, 0.15) is 53.4 Å². The van der Waals surface area contributed by atoms with Crippen LogP contribution in [0.4, 0.5) is 0 Å². The predicted octanol–water partition coefficient (Wildman–Crippen LogP) is 3.43. The van der Waals surface area contributed by atoms with Gasteiger partial charge in [-0.25, -0.2) is 0 Å². The van der Waals surface area contributed by atoms with E-state index in [1.165, 1.54) is 12.8 Å². The summed E-state index contributed by atoms with van der Waals surface area (Å²) in [6.45, 7) is 8.75. The number of hydrogen-bond acceptors (Lipinski definition) is 3. The molecule has 1 N–H and O–H groups in total. The van der Waals surface area contributed by atoms with Crippen LogP contribution in [-0.2, 0) is 4.74 Å². The van der Waals surface area contributed by atoms with E-state index in [-0.39, 0.29) is 16.3 Å². The van der Waals surface area contributed by atoms with Gasteiger partial charge in [0, 0.05) is 4.75 Å². The van der Waals surface area contributed by atoms with Gasteiger partial charge >= 0.3 is 0 Å². The number of thioether (sulfide) groups is 1. The smallest absolute Gasteiger partial charge is 0.160 e. The van der Waals surface area contributed by atoms with Gasteiger partial charge in [0.2, 0.25) is 0 Å². The first-order chi connectivity index (χ1) is 8.82. The molecule has 2 unspecified atom stereocenters. The number of terminal acetylenes is 1. The van der Waals surface area contributed by atoms with E-state index in [4.69, 9.17) is 11.2 Å². The van der Waals surface area contributed by atoms with Crippen LogP contribution in [0.5, 0.6) is 0 Å². The van der Waals surface area contributed by atoms with Crippen molar-refractivity contribution in [3.05, 3.63) is 0 Å². The average Bonchev–Trinajstić information content (AvgIpc) is 2.36. The number of fused-ring (bicyclic) bond motifs is 1.